The summed E-state index contributed by atoms with van der Waals surface area (Å²) in [6.45, 7) is 0. The number of rotatable bonds is 5. The molecule has 0 spiro atoms. The van der Waals surface area contributed by atoms with Crippen molar-refractivity contribution in [3.63, 3.8) is 0 Å². The predicted octanol–water partition coefficient (Wildman–Crippen LogP) is -0.749. The zero-order valence-corrected chi connectivity index (χ0v) is 7.86. The van der Waals surface area contributed by atoms with E-state index in [9.17, 15) is 19.2 Å². The highest BCUT2D eigenvalue weighted by Crippen LogP contribution is 1.94. The van der Waals surface area contributed by atoms with Crippen molar-refractivity contribution in [2.75, 3.05) is 14.2 Å². The van der Waals surface area contributed by atoms with E-state index in [-0.39, 0.29) is 0 Å². The Labute approximate surface area is 80.2 Å². The fraction of sp³-hybridized carbons (Fsp3) is 0.500. The van der Waals surface area contributed by atoms with E-state index in [4.69, 9.17) is 0 Å². The molecule has 0 atom stereocenters. The summed E-state index contributed by atoms with van der Waals surface area (Å²) < 4.78 is 8.35. The lowest BCUT2D eigenvalue weighted by Gasteiger charge is -1.98. The van der Waals surface area contributed by atoms with Crippen LogP contribution in [0.3, 0.4) is 0 Å². The van der Waals surface area contributed by atoms with Gasteiger partial charge in [0.2, 0.25) is 11.6 Å². The number of esters is 2. The van der Waals surface area contributed by atoms with Crippen LogP contribution in [0.25, 0.3) is 0 Å². The van der Waals surface area contributed by atoms with Gasteiger partial charge in [-0.2, -0.15) is 0 Å². The molecule has 0 heterocycles. The van der Waals surface area contributed by atoms with Crippen molar-refractivity contribution < 1.29 is 28.7 Å². The Balaban J connectivity index is 4.07. The van der Waals surface area contributed by atoms with Crippen molar-refractivity contribution in [2.24, 2.45) is 0 Å². The number of Topliss-reactive ketones (excluding diaryl/α,β-unsaturated/α-hetero) is 2. The van der Waals surface area contributed by atoms with Gasteiger partial charge >= 0.3 is 11.9 Å². The SMILES string of the molecule is COC(=O)CC(=O)C(=O)CC(=O)OC. The van der Waals surface area contributed by atoms with Gasteiger partial charge in [-0.1, -0.05) is 0 Å². The molecule has 0 fully saturated rings. The van der Waals surface area contributed by atoms with E-state index in [1.165, 1.54) is 0 Å². The number of hydrogen-bond donors (Lipinski definition) is 0. The van der Waals surface area contributed by atoms with Crippen LogP contribution in [0, 0.1) is 0 Å². The molecule has 6 heteroatoms. The Hall–Kier alpha value is -1.72. The highest BCUT2D eigenvalue weighted by Gasteiger charge is 2.20. The van der Waals surface area contributed by atoms with E-state index < -0.39 is 36.3 Å². The minimum absolute atomic E-state index is 0.647. The molecular formula is C8H10O6. The zero-order valence-electron chi connectivity index (χ0n) is 7.86. The number of ether oxygens (including phenoxy) is 2. The molecule has 0 aromatic carbocycles. The van der Waals surface area contributed by atoms with Gasteiger partial charge in [0, 0.05) is 0 Å². The molecule has 0 unspecified atom stereocenters. The highest BCUT2D eigenvalue weighted by atomic mass is 16.5. The summed E-state index contributed by atoms with van der Waals surface area (Å²) in [5.74, 6) is -3.54. The van der Waals surface area contributed by atoms with Crippen LogP contribution >= 0.6 is 0 Å². The number of carbonyl (C=O) groups excluding carboxylic acids is 4. The molecule has 14 heavy (non-hydrogen) atoms. The fourth-order valence-electron chi connectivity index (χ4n) is 0.604. The molecule has 0 N–H and O–H groups in total. The molecule has 0 radical (unpaired) electrons. The summed E-state index contributed by atoms with van der Waals surface area (Å²) in [6, 6.07) is 0. The van der Waals surface area contributed by atoms with Crippen molar-refractivity contribution in [2.45, 2.75) is 12.8 Å². The first-order valence-corrected chi connectivity index (χ1v) is 3.71. The van der Waals surface area contributed by atoms with Crippen molar-refractivity contribution in [1.82, 2.24) is 0 Å². The second-order valence-corrected chi connectivity index (χ2v) is 2.35. The van der Waals surface area contributed by atoms with Gasteiger partial charge in [-0.05, 0) is 0 Å². The van der Waals surface area contributed by atoms with Gasteiger partial charge in [-0.15, -0.1) is 0 Å². The average molecular weight is 202 g/mol. The number of ketones is 2. The number of methoxy groups -OCH3 is 2. The molecule has 0 amide bonds. The van der Waals surface area contributed by atoms with Gasteiger partial charge in [-0.3, -0.25) is 19.2 Å². The first kappa shape index (κ1) is 12.3. The smallest absolute Gasteiger partial charge is 0.313 e. The van der Waals surface area contributed by atoms with Crippen LogP contribution in [-0.4, -0.2) is 37.7 Å². The molecule has 0 saturated carbocycles. The van der Waals surface area contributed by atoms with Crippen LogP contribution in [0.15, 0.2) is 0 Å². The van der Waals surface area contributed by atoms with E-state index in [1.807, 2.05) is 0 Å². The summed E-state index contributed by atoms with van der Waals surface area (Å²) in [6.07, 6.45) is -1.29. The summed E-state index contributed by atoms with van der Waals surface area (Å²) in [7, 11) is 2.20. The topological polar surface area (TPSA) is 86.7 Å². The molecule has 0 aliphatic heterocycles. The van der Waals surface area contributed by atoms with Gasteiger partial charge in [0.1, 0.15) is 12.8 Å². The van der Waals surface area contributed by atoms with E-state index in [1.54, 1.807) is 0 Å². The maximum atomic E-state index is 10.9. The van der Waals surface area contributed by atoms with Crippen molar-refractivity contribution in [1.29, 1.82) is 0 Å². The Bertz CT molecular complexity index is 239. The van der Waals surface area contributed by atoms with Gasteiger partial charge in [0.15, 0.2) is 0 Å². The second kappa shape index (κ2) is 5.85. The molecule has 0 aromatic rings. The normalized spacial score (nSPS) is 9.00. The number of hydrogen-bond acceptors (Lipinski definition) is 6. The Morgan fingerprint density at radius 3 is 1.29 bits per heavy atom. The molecule has 0 aliphatic rings. The summed E-state index contributed by atoms with van der Waals surface area (Å²) in [5.41, 5.74) is 0. The van der Waals surface area contributed by atoms with Crippen LogP contribution in [0.4, 0.5) is 0 Å². The van der Waals surface area contributed by atoms with Gasteiger partial charge < -0.3 is 9.47 Å². The maximum Gasteiger partial charge on any atom is 0.313 e. The number of carbonyl (C=O) groups is 4. The van der Waals surface area contributed by atoms with E-state index in [0.29, 0.717) is 0 Å². The second-order valence-electron chi connectivity index (χ2n) is 2.35. The molecule has 78 valence electrons. The summed E-state index contributed by atoms with van der Waals surface area (Å²) >= 11 is 0. The van der Waals surface area contributed by atoms with E-state index in [0.717, 1.165) is 14.2 Å². The van der Waals surface area contributed by atoms with Crippen LogP contribution in [-0.2, 0) is 28.7 Å². The quantitative estimate of drug-likeness (QED) is 0.331. The minimum Gasteiger partial charge on any atom is -0.469 e. The summed E-state index contributed by atoms with van der Waals surface area (Å²) in [4.78, 5) is 43.0. The minimum atomic E-state index is -0.956. The fourth-order valence-corrected chi connectivity index (χ4v) is 0.604. The van der Waals surface area contributed by atoms with Crippen LogP contribution in [0.1, 0.15) is 12.8 Å². The molecule has 0 aliphatic carbocycles. The van der Waals surface area contributed by atoms with Crippen LogP contribution in [0.5, 0.6) is 0 Å². The first-order valence-electron chi connectivity index (χ1n) is 3.71. The van der Waals surface area contributed by atoms with Gasteiger partial charge in [0.05, 0.1) is 14.2 Å². The zero-order chi connectivity index (χ0) is 11.1. The van der Waals surface area contributed by atoms with Crippen LogP contribution in [0.2, 0.25) is 0 Å². The molecule has 6 nitrogen and oxygen atoms in total. The molecule has 0 bridgehead atoms. The highest BCUT2D eigenvalue weighted by molar-refractivity contribution is 6.42. The lowest BCUT2D eigenvalue weighted by Crippen LogP contribution is -2.21. The standard InChI is InChI=1S/C8H10O6/c1-13-7(11)3-5(9)6(10)4-8(12)14-2/h3-4H2,1-2H3. The first-order chi connectivity index (χ1) is 6.51. The largest absolute Gasteiger partial charge is 0.469 e. The maximum absolute atomic E-state index is 10.9. The third-order valence-electron chi connectivity index (χ3n) is 1.38. The van der Waals surface area contributed by atoms with Crippen molar-refractivity contribution in [3.8, 4) is 0 Å². The van der Waals surface area contributed by atoms with E-state index >= 15 is 0 Å². The predicted molar refractivity (Wildman–Crippen MR) is 43.3 cm³/mol. The molecular weight excluding hydrogens is 192 g/mol. The van der Waals surface area contributed by atoms with E-state index in [2.05, 4.69) is 9.47 Å². The third kappa shape index (κ3) is 4.34. The van der Waals surface area contributed by atoms with Crippen LogP contribution < -0.4 is 0 Å². The van der Waals surface area contributed by atoms with Crippen molar-refractivity contribution in [3.05, 3.63) is 0 Å². The third-order valence-corrected chi connectivity index (χ3v) is 1.38. The monoisotopic (exact) mass is 202 g/mol. The Morgan fingerprint density at radius 2 is 1.07 bits per heavy atom. The summed E-state index contributed by atoms with van der Waals surface area (Å²) in [5, 5.41) is 0. The average Bonchev–Trinajstić information content (AvgIpc) is 2.17. The van der Waals surface area contributed by atoms with Crippen molar-refractivity contribution >= 4 is 23.5 Å². The lowest BCUT2D eigenvalue weighted by atomic mass is 10.1. The molecule has 0 rings (SSSR count). The molecule has 0 saturated heterocycles. The lowest BCUT2D eigenvalue weighted by molar-refractivity contribution is -0.150. The Kier molecular flexibility index (Phi) is 5.13. The van der Waals surface area contributed by atoms with Gasteiger partial charge in [-0.25, -0.2) is 0 Å². The molecule has 0 aromatic heterocycles. The Morgan fingerprint density at radius 1 is 0.786 bits per heavy atom. The van der Waals surface area contributed by atoms with Gasteiger partial charge in [0.25, 0.3) is 0 Å².